The first-order valence-corrected chi connectivity index (χ1v) is 7.17. The average molecular weight is 337 g/mol. The van der Waals surface area contributed by atoms with E-state index in [-0.39, 0.29) is 25.4 Å². The van der Waals surface area contributed by atoms with E-state index in [2.05, 4.69) is 15.6 Å². The molecule has 2 rings (SSSR count). The molecule has 6 nitrogen and oxygen atoms in total. The zero-order chi connectivity index (χ0) is 17.4. The van der Waals surface area contributed by atoms with Gasteiger partial charge in [0, 0.05) is 24.4 Å². The second kappa shape index (κ2) is 8.66. The minimum Gasteiger partial charge on any atom is -0.489 e. The van der Waals surface area contributed by atoms with Crippen LogP contribution in [-0.2, 0) is 6.54 Å². The Morgan fingerprint density at radius 1 is 1.25 bits per heavy atom. The quantitative estimate of drug-likeness (QED) is 0.760. The zero-order valence-electron chi connectivity index (χ0n) is 13.0. The van der Waals surface area contributed by atoms with Crippen LogP contribution < -0.4 is 20.1 Å². The Balaban J connectivity index is 1.70. The van der Waals surface area contributed by atoms with Crippen molar-refractivity contribution < 1.29 is 23.0 Å². The molecule has 1 aromatic heterocycles. The van der Waals surface area contributed by atoms with Crippen molar-refractivity contribution in [2.75, 3.05) is 20.3 Å². The van der Waals surface area contributed by atoms with Gasteiger partial charge in [0.25, 0.3) is 0 Å². The Hall–Kier alpha value is -2.90. The van der Waals surface area contributed by atoms with Gasteiger partial charge in [-0.2, -0.15) is 0 Å². The lowest BCUT2D eigenvalue weighted by molar-refractivity contribution is 0.235. The molecule has 0 unspecified atom stereocenters. The molecule has 8 heteroatoms. The maximum Gasteiger partial charge on any atom is 0.315 e. The number of urea groups is 1. The summed E-state index contributed by atoms with van der Waals surface area (Å²) in [6.07, 6.45) is 1.59. The predicted molar refractivity (Wildman–Crippen MR) is 82.9 cm³/mol. The first-order valence-electron chi connectivity index (χ1n) is 7.17. The summed E-state index contributed by atoms with van der Waals surface area (Å²) >= 11 is 0. The van der Waals surface area contributed by atoms with Gasteiger partial charge in [0.1, 0.15) is 12.4 Å². The van der Waals surface area contributed by atoms with Crippen LogP contribution in [0.2, 0.25) is 0 Å². The van der Waals surface area contributed by atoms with Crippen LogP contribution in [0.25, 0.3) is 0 Å². The van der Waals surface area contributed by atoms with Crippen LogP contribution >= 0.6 is 0 Å². The highest BCUT2D eigenvalue weighted by molar-refractivity contribution is 5.73. The first-order chi connectivity index (χ1) is 11.6. The molecule has 0 saturated carbocycles. The van der Waals surface area contributed by atoms with Gasteiger partial charge in [-0.1, -0.05) is 6.07 Å². The van der Waals surface area contributed by atoms with E-state index in [0.717, 1.165) is 17.7 Å². The topological polar surface area (TPSA) is 72.5 Å². The van der Waals surface area contributed by atoms with Gasteiger partial charge in [0.15, 0.2) is 11.6 Å². The fourth-order valence-electron chi connectivity index (χ4n) is 1.90. The molecule has 128 valence electrons. The molecule has 0 bridgehead atoms. The van der Waals surface area contributed by atoms with Crippen molar-refractivity contribution in [2.45, 2.75) is 6.54 Å². The van der Waals surface area contributed by atoms with E-state index in [4.69, 9.17) is 9.47 Å². The highest BCUT2D eigenvalue weighted by Gasteiger charge is 2.07. The lowest BCUT2D eigenvalue weighted by Gasteiger charge is -2.10. The number of nitrogens with one attached hydrogen (secondary N) is 2. The number of rotatable bonds is 7. The van der Waals surface area contributed by atoms with Crippen molar-refractivity contribution >= 4 is 6.03 Å². The fraction of sp³-hybridized carbons (Fsp3) is 0.250. The lowest BCUT2D eigenvalue weighted by Crippen LogP contribution is -2.37. The molecule has 1 heterocycles. The third kappa shape index (κ3) is 5.08. The predicted octanol–water partition coefficient (Wildman–Crippen LogP) is 2.25. The number of benzene rings is 1. The van der Waals surface area contributed by atoms with Crippen LogP contribution in [0.15, 0.2) is 36.5 Å². The molecule has 0 saturated heterocycles. The van der Waals surface area contributed by atoms with Crippen LogP contribution in [0.5, 0.6) is 11.6 Å². The molecule has 0 fully saturated rings. The summed E-state index contributed by atoms with van der Waals surface area (Å²) in [6.45, 7) is 0.454. The van der Waals surface area contributed by atoms with E-state index in [0.29, 0.717) is 5.88 Å². The van der Waals surface area contributed by atoms with Crippen LogP contribution in [0.4, 0.5) is 13.6 Å². The smallest absolute Gasteiger partial charge is 0.315 e. The van der Waals surface area contributed by atoms with E-state index < -0.39 is 17.7 Å². The SMILES string of the molecule is COc1ncccc1CNC(=O)NCCOc1ccc(F)cc1F. The average Bonchev–Trinajstić information content (AvgIpc) is 2.58. The maximum atomic E-state index is 13.3. The molecule has 0 atom stereocenters. The summed E-state index contributed by atoms with van der Waals surface area (Å²) in [5.41, 5.74) is 0.736. The highest BCUT2D eigenvalue weighted by Crippen LogP contribution is 2.17. The summed E-state index contributed by atoms with van der Waals surface area (Å²) in [5.74, 6) is -1.10. The Bertz CT molecular complexity index is 698. The number of halogens is 2. The second-order valence-electron chi connectivity index (χ2n) is 4.70. The van der Waals surface area contributed by atoms with Crippen LogP contribution in [0.3, 0.4) is 0 Å². The van der Waals surface area contributed by atoms with E-state index in [9.17, 15) is 13.6 Å². The van der Waals surface area contributed by atoms with Crippen molar-refractivity contribution in [2.24, 2.45) is 0 Å². The van der Waals surface area contributed by atoms with E-state index in [1.807, 2.05) is 0 Å². The standard InChI is InChI=1S/C16H17F2N3O3/c1-23-15-11(3-2-6-19-15)10-21-16(22)20-7-8-24-14-5-4-12(17)9-13(14)18/h2-6,9H,7-8,10H2,1H3,(H2,20,21,22). The molecule has 2 amide bonds. The third-order valence-corrected chi connectivity index (χ3v) is 3.02. The van der Waals surface area contributed by atoms with Gasteiger partial charge in [-0.25, -0.2) is 18.6 Å². The minimum atomic E-state index is -0.789. The van der Waals surface area contributed by atoms with Crippen molar-refractivity contribution in [1.29, 1.82) is 0 Å². The van der Waals surface area contributed by atoms with Gasteiger partial charge >= 0.3 is 6.03 Å². The summed E-state index contributed by atoms with van der Waals surface area (Å²) in [4.78, 5) is 15.7. The molecule has 2 aromatic rings. The minimum absolute atomic E-state index is 0.0478. The number of methoxy groups -OCH3 is 1. The maximum absolute atomic E-state index is 13.3. The van der Waals surface area contributed by atoms with Crippen molar-refractivity contribution in [1.82, 2.24) is 15.6 Å². The van der Waals surface area contributed by atoms with Gasteiger partial charge in [0.2, 0.25) is 5.88 Å². The molecule has 0 aliphatic heterocycles. The first kappa shape index (κ1) is 17.5. The van der Waals surface area contributed by atoms with Gasteiger partial charge in [0.05, 0.1) is 13.7 Å². The third-order valence-electron chi connectivity index (χ3n) is 3.02. The van der Waals surface area contributed by atoms with Crippen LogP contribution in [0, 0.1) is 11.6 Å². The number of hydrogen-bond acceptors (Lipinski definition) is 4. The Morgan fingerprint density at radius 2 is 2.08 bits per heavy atom. The Kier molecular flexibility index (Phi) is 6.30. The normalized spacial score (nSPS) is 10.1. The number of pyridine rings is 1. The summed E-state index contributed by atoms with van der Waals surface area (Å²) in [7, 11) is 1.50. The van der Waals surface area contributed by atoms with E-state index in [1.54, 1.807) is 18.3 Å². The molecule has 2 N–H and O–H groups in total. The second-order valence-corrected chi connectivity index (χ2v) is 4.70. The van der Waals surface area contributed by atoms with Gasteiger partial charge < -0.3 is 20.1 Å². The number of carbonyl (C=O) groups excluding carboxylic acids is 1. The van der Waals surface area contributed by atoms with Crippen LogP contribution in [0.1, 0.15) is 5.56 Å². The zero-order valence-corrected chi connectivity index (χ0v) is 13.0. The number of amides is 2. The van der Waals surface area contributed by atoms with Crippen molar-refractivity contribution in [3.8, 4) is 11.6 Å². The van der Waals surface area contributed by atoms with Gasteiger partial charge in [-0.05, 0) is 18.2 Å². The molecule has 1 aromatic carbocycles. The summed E-state index contributed by atoms with van der Waals surface area (Å²) < 4.78 is 36.3. The molecule has 0 aliphatic rings. The highest BCUT2D eigenvalue weighted by atomic mass is 19.1. The van der Waals surface area contributed by atoms with E-state index in [1.165, 1.54) is 13.2 Å². The summed E-state index contributed by atoms with van der Waals surface area (Å²) in [5, 5.41) is 5.20. The number of carbonyl (C=O) groups is 1. The van der Waals surface area contributed by atoms with Gasteiger partial charge in [-0.3, -0.25) is 0 Å². The molecule has 24 heavy (non-hydrogen) atoms. The largest absolute Gasteiger partial charge is 0.489 e. The fourth-order valence-corrected chi connectivity index (χ4v) is 1.90. The van der Waals surface area contributed by atoms with E-state index >= 15 is 0 Å². The molecule has 0 aliphatic carbocycles. The number of hydrogen-bond donors (Lipinski definition) is 2. The van der Waals surface area contributed by atoms with Crippen molar-refractivity contribution in [3.05, 3.63) is 53.7 Å². The molecular formula is C16H17F2N3O3. The Labute approximate surface area is 137 Å². The van der Waals surface area contributed by atoms with Crippen molar-refractivity contribution in [3.63, 3.8) is 0 Å². The lowest BCUT2D eigenvalue weighted by atomic mass is 10.3. The van der Waals surface area contributed by atoms with Crippen LogP contribution in [-0.4, -0.2) is 31.3 Å². The van der Waals surface area contributed by atoms with Gasteiger partial charge in [-0.15, -0.1) is 0 Å². The number of nitrogens with zero attached hydrogens (tertiary/aromatic N) is 1. The molecular weight excluding hydrogens is 320 g/mol. The molecule has 0 radical (unpaired) electrons. The monoisotopic (exact) mass is 337 g/mol. The Morgan fingerprint density at radius 3 is 2.83 bits per heavy atom. The number of aromatic nitrogens is 1. The summed E-state index contributed by atoms with van der Waals surface area (Å²) in [6, 6.07) is 6.13. The number of ether oxygens (including phenoxy) is 2. The molecule has 0 spiro atoms.